The number of nitrogen functional groups attached to an aromatic ring is 1. The average Bonchev–Trinajstić information content (AvgIpc) is 3.36. The van der Waals surface area contributed by atoms with Gasteiger partial charge in [-0.25, -0.2) is 9.37 Å². The quantitative estimate of drug-likeness (QED) is 0.488. The zero-order valence-corrected chi connectivity index (χ0v) is 20.8. The maximum Gasteiger partial charge on any atom is 0.126 e. The molecule has 1 aliphatic rings. The Morgan fingerprint density at radius 1 is 1.17 bits per heavy atom. The number of carbonyl (C=O) groups is 1. The molecule has 0 atom stereocenters. The Morgan fingerprint density at radius 3 is 2.34 bits per heavy atom. The van der Waals surface area contributed by atoms with E-state index in [4.69, 9.17) is 15.6 Å². The molecule has 35 heavy (non-hydrogen) atoms. The van der Waals surface area contributed by atoms with E-state index in [0.717, 1.165) is 48.3 Å². The lowest BCUT2D eigenvalue weighted by atomic mass is 10.1. The van der Waals surface area contributed by atoms with Crippen LogP contribution < -0.4 is 16.0 Å². The number of aryl methyl sites for hydroxylation is 2. The van der Waals surface area contributed by atoms with E-state index < -0.39 is 0 Å². The Balaban J connectivity index is 0.000000326. The number of nitrogens with one attached hydrogen (secondary N) is 1. The standard InChI is InChI=1S/C14H19N5.C9H12FN.C2H2O.CH2O/c1-10-6-11(7-17-14(10)15)12-8-18-19(9-12)13-2-4-16-5-3-13;1-7-6-8(11(2)3)4-5-9(7)10;1-2-3;1-2/h6-9,13,16H,2-5H2,1H3,(H2,15,17);4-6H,1-3H3;1,3H;1H2. The zero-order chi connectivity index (χ0) is 26.4. The normalized spacial score (nSPS) is 12.5. The maximum atomic E-state index is 12.7. The van der Waals surface area contributed by atoms with Crippen LogP contribution in [0, 0.1) is 32.2 Å². The summed E-state index contributed by atoms with van der Waals surface area (Å²) in [7, 11) is 3.87. The van der Waals surface area contributed by atoms with Gasteiger partial charge in [0.15, 0.2) is 0 Å². The van der Waals surface area contributed by atoms with Crippen LogP contribution in [-0.4, -0.2) is 53.8 Å². The minimum Gasteiger partial charge on any atom is -0.462 e. The second kappa shape index (κ2) is 15.1. The molecular formula is C26H35FN6O2. The molecule has 0 unspecified atom stereocenters. The number of rotatable bonds is 3. The molecule has 2 aromatic heterocycles. The van der Waals surface area contributed by atoms with Crippen molar-refractivity contribution in [3.05, 3.63) is 59.8 Å². The highest BCUT2D eigenvalue weighted by Crippen LogP contribution is 2.24. The van der Waals surface area contributed by atoms with E-state index in [2.05, 4.69) is 38.8 Å². The number of halogens is 1. The molecule has 0 amide bonds. The highest BCUT2D eigenvalue weighted by Gasteiger charge is 2.16. The van der Waals surface area contributed by atoms with Crippen LogP contribution in [0.3, 0.4) is 0 Å². The molecule has 8 nitrogen and oxygen atoms in total. The van der Waals surface area contributed by atoms with Gasteiger partial charge in [-0.3, -0.25) is 4.68 Å². The summed E-state index contributed by atoms with van der Waals surface area (Å²) in [4.78, 5) is 14.2. The number of aliphatic hydroxyl groups is 1. The lowest BCUT2D eigenvalue weighted by molar-refractivity contribution is -0.0980. The van der Waals surface area contributed by atoms with Crippen LogP contribution in [0.25, 0.3) is 11.1 Å². The topological polar surface area (TPSA) is 109 Å². The van der Waals surface area contributed by atoms with E-state index in [0.29, 0.717) is 17.4 Å². The van der Waals surface area contributed by atoms with Crippen molar-refractivity contribution in [1.29, 1.82) is 0 Å². The number of terminal acetylenes is 1. The number of pyridine rings is 1. The fourth-order valence-electron chi connectivity index (χ4n) is 3.41. The number of anilines is 2. The van der Waals surface area contributed by atoms with Crippen LogP contribution in [0.5, 0.6) is 0 Å². The van der Waals surface area contributed by atoms with Crippen LogP contribution in [0.1, 0.15) is 30.0 Å². The summed E-state index contributed by atoms with van der Waals surface area (Å²) < 4.78 is 14.8. The van der Waals surface area contributed by atoms with Crippen LogP contribution in [0.15, 0.2) is 42.9 Å². The number of hydrogen-bond donors (Lipinski definition) is 3. The largest absolute Gasteiger partial charge is 0.462 e. The summed E-state index contributed by atoms with van der Waals surface area (Å²) in [5.41, 5.74) is 10.7. The van der Waals surface area contributed by atoms with Crippen LogP contribution in [0.4, 0.5) is 15.9 Å². The molecular weight excluding hydrogens is 447 g/mol. The molecule has 4 rings (SSSR count). The predicted molar refractivity (Wildman–Crippen MR) is 139 cm³/mol. The van der Waals surface area contributed by atoms with E-state index in [1.54, 1.807) is 13.0 Å². The van der Waals surface area contributed by atoms with E-state index in [-0.39, 0.29) is 5.82 Å². The average molecular weight is 483 g/mol. The number of aromatic nitrogens is 3. The van der Waals surface area contributed by atoms with Crippen LogP contribution in [0.2, 0.25) is 0 Å². The summed E-state index contributed by atoms with van der Waals surface area (Å²) in [6, 6.07) is 7.66. The van der Waals surface area contributed by atoms with Crippen molar-refractivity contribution in [1.82, 2.24) is 20.1 Å². The third kappa shape index (κ3) is 9.10. The number of carbonyl (C=O) groups excluding carboxylic acids is 1. The summed E-state index contributed by atoms with van der Waals surface area (Å²) in [6.07, 6.45) is 13.5. The smallest absolute Gasteiger partial charge is 0.126 e. The molecule has 0 aliphatic carbocycles. The van der Waals surface area contributed by atoms with Crippen molar-refractivity contribution in [3.8, 4) is 23.7 Å². The maximum absolute atomic E-state index is 12.7. The van der Waals surface area contributed by atoms with Crippen molar-refractivity contribution in [2.75, 3.05) is 37.8 Å². The molecule has 3 aromatic rings. The van der Waals surface area contributed by atoms with Crippen molar-refractivity contribution in [2.45, 2.75) is 32.7 Å². The summed E-state index contributed by atoms with van der Waals surface area (Å²) in [5, 5.41) is 15.0. The molecule has 1 aromatic carbocycles. The molecule has 0 saturated carbocycles. The van der Waals surface area contributed by atoms with Crippen molar-refractivity contribution in [3.63, 3.8) is 0 Å². The fourth-order valence-corrected chi connectivity index (χ4v) is 3.41. The van der Waals surface area contributed by atoms with Gasteiger partial charge in [0.2, 0.25) is 0 Å². The molecule has 0 spiro atoms. The van der Waals surface area contributed by atoms with Gasteiger partial charge in [-0.05, 0) is 75.2 Å². The van der Waals surface area contributed by atoms with Gasteiger partial charge in [-0.2, -0.15) is 5.10 Å². The second-order valence-corrected chi connectivity index (χ2v) is 8.07. The Bertz CT molecular complexity index is 1090. The Morgan fingerprint density at radius 2 is 1.80 bits per heavy atom. The fraction of sp³-hybridized carbons (Fsp3) is 0.346. The Labute approximate surface area is 207 Å². The SMILES string of the molecule is C#CO.C=O.Cc1cc(-c2cnn(C3CCNCC3)c2)cnc1N.Cc1cc(N(C)C)ccc1F. The van der Waals surface area contributed by atoms with E-state index in [9.17, 15) is 4.39 Å². The highest BCUT2D eigenvalue weighted by molar-refractivity contribution is 5.63. The van der Waals surface area contributed by atoms with Crippen molar-refractivity contribution < 1.29 is 14.3 Å². The molecule has 9 heteroatoms. The van der Waals surface area contributed by atoms with Crippen molar-refractivity contribution in [2.24, 2.45) is 0 Å². The summed E-state index contributed by atoms with van der Waals surface area (Å²) in [6.45, 7) is 7.89. The highest BCUT2D eigenvalue weighted by atomic mass is 19.1. The van der Waals surface area contributed by atoms with Crippen LogP contribution >= 0.6 is 0 Å². The van der Waals surface area contributed by atoms with Crippen LogP contribution in [-0.2, 0) is 4.79 Å². The second-order valence-electron chi connectivity index (χ2n) is 8.07. The molecule has 3 heterocycles. The molecule has 4 N–H and O–H groups in total. The molecule has 0 bridgehead atoms. The van der Waals surface area contributed by atoms with Gasteiger partial charge in [-0.15, -0.1) is 0 Å². The Kier molecular flexibility index (Phi) is 12.6. The first-order valence-electron chi connectivity index (χ1n) is 11.1. The van der Waals surface area contributed by atoms with Gasteiger partial charge >= 0.3 is 0 Å². The molecule has 188 valence electrons. The lowest BCUT2D eigenvalue weighted by Crippen LogP contribution is -2.29. The summed E-state index contributed by atoms with van der Waals surface area (Å²) in [5.74, 6) is 0.449. The van der Waals surface area contributed by atoms with E-state index in [1.807, 2.05) is 51.2 Å². The number of benzene rings is 1. The first kappa shape index (κ1) is 29.1. The van der Waals surface area contributed by atoms with Gasteiger partial charge in [-0.1, -0.05) is 6.42 Å². The van der Waals surface area contributed by atoms with Gasteiger partial charge in [0.25, 0.3) is 0 Å². The lowest BCUT2D eigenvalue weighted by Gasteiger charge is -2.22. The minimum atomic E-state index is -0.143. The molecule has 1 saturated heterocycles. The summed E-state index contributed by atoms with van der Waals surface area (Å²) >= 11 is 0. The molecule has 1 fully saturated rings. The van der Waals surface area contributed by atoms with Gasteiger partial charge < -0.3 is 25.9 Å². The number of nitrogens with two attached hydrogens (primary N) is 1. The van der Waals surface area contributed by atoms with Gasteiger partial charge in [0.05, 0.1) is 12.2 Å². The first-order chi connectivity index (χ1) is 16.8. The number of nitrogens with zero attached hydrogens (tertiary/aromatic N) is 4. The predicted octanol–water partition coefficient (Wildman–Crippen LogP) is 3.73. The number of piperidine rings is 1. The third-order valence-electron chi connectivity index (χ3n) is 5.39. The minimum absolute atomic E-state index is 0.143. The van der Waals surface area contributed by atoms with E-state index >= 15 is 0 Å². The molecule has 1 aliphatic heterocycles. The van der Waals surface area contributed by atoms with E-state index in [1.165, 1.54) is 12.2 Å². The van der Waals surface area contributed by atoms with Gasteiger partial charge in [0.1, 0.15) is 24.5 Å². The van der Waals surface area contributed by atoms with Crippen molar-refractivity contribution >= 4 is 18.3 Å². The number of aliphatic hydroxyl groups excluding tert-OH is 1. The third-order valence-corrected chi connectivity index (χ3v) is 5.39. The number of hydrogen-bond acceptors (Lipinski definition) is 7. The van der Waals surface area contributed by atoms with Gasteiger partial charge in [0, 0.05) is 43.3 Å². The molecule has 0 radical (unpaired) electrons. The monoisotopic (exact) mass is 482 g/mol. The Hall–Kier alpha value is -3.90. The first-order valence-corrected chi connectivity index (χ1v) is 11.1. The zero-order valence-electron chi connectivity index (χ0n) is 20.8.